The highest BCUT2D eigenvalue weighted by atomic mass is 16.2. The monoisotopic (exact) mass is 239 g/mol. The average molecular weight is 239 g/mol. The van der Waals surface area contributed by atoms with Gasteiger partial charge in [-0.25, -0.2) is 4.79 Å². The van der Waals surface area contributed by atoms with Gasteiger partial charge in [-0.2, -0.15) is 0 Å². The lowest BCUT2D eigenvalue weighted by Gasteiger charge is -2.35. The van der Waals surface area contributed by atoms with Gasteiger partial charge in [0.2, 0.25) is 0 Å². The van der Waals surface area contributed by atoms with Gasteiger partial charge in [-0.15, -0.1) is 0 Å². The molecule has 0 aromatic rings. The van der Waals surface area contributed by atoms with E-state index in [1.165, 1.54) is 12.8 Å². The molecule has 0 unspecified atom stereocenters. The van der Waals surface area contributed by atoms with Crippen LogP contribution >= 0.6 is 0 Å². The minimum Gasteiger partial charge on any atom is -0.325 e. The van der Waals surface area contributed by atoms with Crippen LogP contribution < -0.4 is 0 Å². The topological polar surface area (TPSA) is 26.8 Å². The number of nitrogens with zero attached hydrogens (tertiary/aromatic N) is 3. The molecule has 2 heterocycles. The average Bonchev–Trinajstić information content (AvgIpc) is 2.82. The summed E-state index contributed by atoms with van der Waals surface area (Å²) >= 11 is 0. The van der Waals surface area contributed by atoms with Crippen molar-refractivity contribution in [2.75, 3.05) is 46.8 Å². The molecule has 0 aliphatic carbocycles. The van der Waals surface area contributed by atoms with E-state index >= 15 is 0 Å². The molecule has 0 aromatic heterocycles. The quantitative estimate of drug-likeness (QED) is 0.729. The number of piperidine rings is 1. The molecule has 2 fully saturated rings. The van der Waals surface area contributed by atoms with E-state index in [1.54, 1.807) is 0 Å². The van der Waals surface area contributed by atoms with Gasteiger partial charge in [-0.05, 0) is 45.7 Å². The van der Waals surface area contributed by atoms with Crippen molar-refractivity contribution in [1.82, 2.24) is 14.7 Å². The maximum atomic E-state index is 12.2. The van der Waals surface area contributed by atoms with Crippen LogP contribution in [0.15, 0.2) is 0 Å². The second kappa shape index (κ2) is 5.71. The largest absolute Gasteiger partial charge is 0.325 e. The zero-order chi connectivity index (χ0) is 12.3. The van der Waals surface area contributed by atoms with Crippen molar-refractivity contribution in [2.45, 2.75) is 25.7 Å². The molecule has 0 spiro atoms. The van der Waals surface area contributed by atoms with Crippen LogP contribution in [0.2, 0.25) is 0 Å². The van der Waals surface area contributed by atoms with Crippen molar-refractivity contribution in [1.29, 1.82) is 0 Å². The van der Waals surface area contributed by atoms with Gasteiger partial charge in [-0.3, -0.25) is 0 Å². The van der Waals surface area contributed by atoms with Crippen molar-refractivity contribution in [3.63, 3.8) is 0 Å². The first kappa shape index (κ1) is 12.7. The van der Waals surface area contributed by atoms with E-state index in [2.05, 4.69) is 23.9 Å². The third-order valence-electron chi connectivity index (χ3n) is 3.88. The lowest BCUT2D eigenvalue weighted by Crippen LogP contribution is -2.46. The van der Waals surface area contributed by atoms with Crippen LogP contribution in [0.25, 0.3) is 0 Å². The number of carbonyl (C=O) groups excluding carboxylic acids is 1. The summed E-state index contributed by atoms with van der Waals surface area (Å²) in [4.78, 5) is 18.5. The fourth-order valence-electron chi connectivity index (χ4n) is 2.93. The Morgan fingerprint density at radius 1 is 1.06 bits per heavy atom. The number of hydrogen-bond acceptors (Lipinski definition) is 2. The van der Waals surface area contributed by atoms with Crippen molar-refractivity contribution in [3.05, 3.63) is 0 Å². The molecule has 0 saturated carbocycles. The Morgan fingerprint density at radius 3 is 2.12 bits per heavy atom. The van der Waals surface area contributed by atoms with E-state index in [9.17, 15) is 4.79 Å². The van der Waals surface area contributed by atoms with Crippen molar-refractivity contribution in [3.8, 4) is 0 Å². The molecule has 4 heteroatoms. The fourth-order valence-corrected chi connectivity index (χ4v) is 2.93. The summed E-state index contributed by atoms with van der Waals surface area (Å²) in [6.45, 7) is 5.00. The Labute approximate surface area is 105 Å². The van der Waals surface area contributed by atoms with Gasteiger partial charge in [0.05, 0.1) is 0 Å². The van der Waals surface area contributed by atoms with E-state index in [1.807, 2.05) is 4.90 Å². The summed E-state index contributed by atoms with van der Waals surface area (Å²) in [5.74, 6) is 0.771. The molecule has 4 nitrogen and oxygen atoms in total. The molecule has 0 atom stereocenters. The maximum Gasteiger partial charge on any atom is 0.319 e. The Morgan fingerprint density at radius 2 is 1.59 bits per heavy atom. The minimum atomic E-state index is 0.283. The molecule has 0 bridgehead atoms. The molecule has 2 rings (SSSR count). The molecular weight excluding hydrogens is 214 g/mol. The molecular formula is C13H25N3O. The highest BCUT2D eigenvalue weighted by molar-refractivity contribution is 5.74. The van der Waals surface area contributed by atoms with Gasteiger partial charge in [0, 0.05) is 32.7 Å². The number of carbonyl (C=O) groups is 1. The van der Waals surface area contributed by atoms with Crippen LogP contribution in [0.3, 0.4) is 0 Å². The van der Waals surface area contributed by atoms with Crippen molar-refractivity contribution >= 4 is 6.03 Å². The standard InChI is InChI=1S/C13H25N3O/c1-14(2)11-12-5-9-16(10-6-12)13(17)15-7-3-4-8-15/h12H,3-11H2,1-2H3. The van der Waals surface area contributed by atoms with Gasteiger partial charge < -0.3 is 14.7 Å². The van der Waals surface area contributed by atoms with Crippen LogP contribution in [0.1, 0.15) is 25.7 Å². The summed E-state index contributed by atoms with van der Waals surface area (Å²) < 4.78 is 0. The first-order valence-electron chi connectivity index (χ1n) is 6.85. The maximum absolute atomic E-state index is 12.2. The van der Waals surface area contributed by atoms with Crippen molar-refractivity contribution in [2.24, 2.45) is 5.92 Å². The summed E-state index contributed by atoms with van der Waals surface area (Å²) in [6.07, 6.45) is 4.70. The Kier molecular flexibility index (Phi) is 4.26. The summed E-state index contributed by atoms with van der Waals surface area (Å²) in [6, 6.07) is 0.283. The lowest BCUT2D eigenvalue weighted by molar-refractivity contribution is 0.133. The molecule has 98 valence electrons. The molecule has 0 radical (unpaired) electrons. The molecule has 17 heavy (non-hydrogen) atoms. The first-order valence-corrected chi connectivity index (χ1v) is 6.85. The summed E-state index contributed by atoms with van der Waals surface area (Å²) in [5, 5.41) is 0. The number of urea groups is 1. The third kappa shape index (κ3) is 3.35. The Hall–Kier alpha value is -0.770. The molecule has 0 N–H and O–H groups in total. The van der Waals surface area contributed by atoms with Gasteiger partial charge in [0.25, 0.3) is 0 Å². The predicted molar refractivity (Wildman–Crippen MR) is 69.1 cm³/mol. The van der Waals surface area contributed by atoms with Gasteiger partial charge in [0.1, 0.15) is 0 Å². The number of likely N-dealkylation sites (tertiary alicyclic amines) is 2. The number of rotatable bonds is 2. The SMILES string of the molecule is CN(C)CC1CCN(C(=O)N2CCCC2)CC1. The van der Waals surface area contributed by atoms with E-state index in [0.717, 1.165) is 51.5 Å². The molecule has 2 amide bonds. The van der Waals surface area contributed by atoms with E-state index in [-0.39, 0.29) is 6.03 Å². The van der Waals surface area contributed by atoms with Crippen LogP contribution in [0.4, 0.5) is 4.79 Å². The zero-order valence-corrected chi connectivity index (χ0v) is 11.2. The van der Waals surface area contributed by atoms with Gasteiger partial charge >= 0.3 is 6.03 Å². The minimum absolute atomic E-state index is 0.283. The van der Waals surface area contributed by atoms with E-state index in [0.29, 0.717) is 0 Å². The second-order valence-electron chi connectivity index (χ2n) is 5.67. The Bertz CT molecular complexity index is 253. The fraction of sp³-hybridized carbons (Fsp3) is 0.923. The smallest absolute Gasteiger partial charge is 0.319 e. The van der Waals surface area contributed by atoms with Crippen LogP contribution in [-0.4, -0.2) is 67.5 Å². The van der Waals surface area contributed by atoms with Gasteiger partial charge in [0.15, 0.2) is 0 Å². The van der Waals surface area contributed by atoms with Crippen molar-refractivity contribution < 1.29 is 4.79 Å². The highest BCUT2D eigenvalue weighted by Gasteiger charge is 2.27. The predicted octanol–water partition coefficient (Wildman–Crippen LogP) is 1.48. The summed E-state index contributed by atoms with van der Waals surface area (Å²) in [5.41, 5.74) is 0. The second-order valence-corrected chi connectivity index (χ2v) is 5.67. The Balaban J connectivity index is 1.76. The highest BCUT2D eigenvalue weighted by Crippen LogP contribution is 2.20. The number of hydrogen-bond donors (Lipinski definition) is 0. The molecule has 2 aliphatic rings. The normalized spacial score (nSPS) is 22.5. The first-order chi connectivity index (χ1) is 8.16. The van der Waals surface area contributed by atoms with Crippen LogP contribution in [0, 0.1) is 5.92 Å². The molecule has 2 saturated heterocycles. The van der Waals surface area contributed by atoms with Gasteiger partial charge in [-0.1, -0.05) is 0 Å². The number of amides is 2. The third-order valence-corrected chi connectivity index (χ3v) is 3.88. The molecule has 0 aromatic carbocycles. The molecule has 2 aliphatic heterocycles. The van der Waals surface area contributed by atoms with Crippen LogP contribution in [0.5, 0.6) is 0 Å². The van der Waals surface area contributed by atoms with Crippen LogP contribution in [-0.2, 0) is 0 Å². The summed E-state index contributed by atoms with van der Waals surface area (Å²) in [7, 11) is 4.25. The lowest BCUT2D eigenvalue weighted by atomic mass is 9.96. The van der Waals surface area contributed by atoms with E-state index in [4.69, 9.17) is 0 Å². The van der Waals surface area contributed by atoms with E-state index < -0.39 is 0 Å². The zero-order valence-electron chi connectivity index (χ0n) is 11.2.